The maximum absolute atomic E-state index is 12.8. The molecule has 2 aromatic carbocycles. The highest BCUT2D eigenvalue weighted by molar-refractivity contribution is 5.79. The number of hydrogen-bond donors (Lipinski definition) is 1. The van der Waals surface area contributed by atoms with Gasteiger partial charge in [0, 0.05) is 32.9 Å². The number of aliphatic hydroxyl groups excluding tert-OH is 1. The molecule has 0 aliphatic heterocycles. The normalized spacial score (nSPS) is 11.3. The van der Waals surface area contributed by atoms with E-state index in [0.717, 1.165) is 11.3 Å². The summed E-state index contributed by atoms with van der Waals surface area (Å²) >= 11 is 0. The van der Waals surface area contributed by atoms with Gasteiger partial charge in [0.05, 0.1) is 10.9 Å². The molecule has 0 saturated carbocycles. The molecule has 3 aromatic rings. The van der Waals surface area contributed by atoms with Gasteiger partial charge in [-0.2, -0.15) is 0 Å². The Hall–Kier alpha value is -2.92. The number of rotatable bonds is 6. The van der Waals surface area contributed by atoms with E-state index in [-0.39, 0.29) is 12.2 Å². The summed E-state index contributed by atoms with van der Waals surface area (Å²) < 4.78 is 1.63. The molecule has 26 heavy (non-hydrogen) atoms. The molecule has 1 aromatic heterocycles. The lowest BCUT2D eigenvalue weighted by Crippen LogP contribution is -2.24. The van der Waals surface area contributed by atoms with Crippen LogP contribution in [0.3, 0.4) is 0 Å². The van der Waals surface area contributed by atoms with Crippen molar-refractivity contribution in [2.24, 2.45) is 0 Å². The Labute approximate surface area is 152 Å². The first-order chi connectivity index (χ1) is 12.6. The second-order valence-corrected chi connectivity index (χ2v) is 6.34. The third-order valence-electron chi connectivity index (χ3n) is 4.27. The van der Waals surface area contributed by atoms with Gasteiger partial charge in [-0.3, -0.25) is 9.36 Å². The van der Waals surface area contributed by atoms with Crippen molar-refractivity contribution in [3.8, 4) is 0 Å². The molecule has 3 rings (SSSR count). The highest BCUT2D eigenvalue weighted by Crippen LogP contribution is 2.15. The van der Waals surface area contributed by atoms with Crippen molar-refractivity contribution in [2.45, 2.75) is 13.0 Å². The Morgan fingerprint density at radius 3 is 2.50 bits per heavy atom. The van der Waals surface area contributed by atoms with E-state index < -0.39 is 0 Å². The van der Waals surface area contributed by atoms with Crippen LogP contribution in [0, 0.1) is 0 Å². The van der Waals surface area contributed by atoms with Gasteiger partial charge in [0.15, 0.2) is 0 Å². The van der Waals surface area contributed by atoms with Crippen molar-refractivity contribution in [1.82, 2.24) is 9.55 Å². The summed E-state index contributed by atoms with van der Waals surface area (Å²) in [6, 6.07) is 15.5. The summed E-state index contributed by atoms with van der Waals surface area (Å²) in [5.74, 6) is 0.596. The largest absolute Gasteiger partial charge is 0.396 e. The van der Waals surface area contributed by atoms with Gasteiger partial charge in [0.1, 0.15) is 5.82 Å². The molecule has 0 radical (unpaired) electrons. The number of nitrogens with zero attached hydrogens (tertiary/aromatic N) is 3. The molecule has 0 aliphatic rings. The fraction of sp³-hybridized carbons (Fsp3) is 0.238. The minimum atomic E-state index is -0.0772. The number of anilines is 1. The van der Waals surface area contributed by atoms with Crippen LogP contribution in [0.4, 0.5) is 5.69 Å². The zero-order valence-electron chi connectivity index (χ0n) is 15.1. The van der Waals surface area contributed by atoms with Gasteiger partial charge in [0.25, 0.3) is 5.56 Å². The van der Waals surface area contributed by atoms with Crippen molar-refractivity contribution in [1.29, 1.82) is 0 Å². The van der Waals surface area contributed by atoms with Crippen LogP contribution < -0.4 is 10.5 Å². The lowest BCUT2D eigenvalue weighted by Gasteiger charge is -2.12. The fourth-order valence-corrected chi connectivity index (χ4v) is 2.81. The molecule has 1 heterocycles. The lowest BCUT2D eigenvalue weighted by molar-refractivity contribution is 0.278. The number of hydrogen-bond acceptors (Lipinski definition) is 4. The molecular weight excluding hydrogens is 326 g/mol. The molecule has 0 spiro atoms. The van der Waals surface area contributed by atoms with Crippen molar-refractivity contribution in [3.05, 3.63) is 70.3 Å². The predicted molar refractivity (Wildman–Crippen MR) is 107 cm³/mol. The first kappa shape index (κ1) is 17.9. The molecule has 0 fully saturated rings. The molecule has 0 atom stereocenters. The van der Waals surface area contributed by atoms with Gasteiger partial charge >= 0.3 is 0 Å². The predicted octanol–water partition coefficient (Wildman–Crippen LogP) is 3.02. The number of aromatic nitrogens is 2. The summed E-state index contributed by atoms with van der Waals surface area (Å²) in [4.78, 5) is 19.5. The Kier molecular flexibility index (Phi) is 5.49. The number of para-hydroxylation sites is 1. The molecule has 0 bridgehead atoms. The van der Waals surface area contributed by atoms with E-state index in [1.807, 2.05) is 73.6 Å². The number of fused-ring (bicyclic) bond motifs is 1. The zero-order valence-corrected chi connectivity index (χ0v) is 15.1. The van der Waals surface area contributed by atoms with Crippen LogP contribution in [0.1, 0.15) is 17.8 Å². The van der Waals surface area contributed by atoms with Crippen molar-refractivity contribution >= 4 is 28.7 Å². The summed E-state index contributed by atoms with van der Waals surface area (Å²) in [5, 5.41) is 9.74. The van der Waals surface area contributed by atoms with Crippen LogP contribution in [0.2, 0.25) is 0 Å². The summed E-state index contributed by atoms with van der Waals surface area (Å²) in [6.07, 6.45) is 4.32. The van der Waals surface area contributed by atoms with Crippen LogP contribution in [0.15, 0.2) is 53.3 Å². The molecule has 0 amide bonds. The second kappa shape index (κ2) is 7.97. The molecule has 0 aliphatic carbocycles. The van der Waals surface area contributed by atoms with E-state index in [0.29, 0.717) is 29.7 Å². The minimum absolute atomic E-state index is 0.0361. The van der Waals surface area contributed by atoms with E-state index >= 15 is 0 Å². The van der Waals surface area contributed by atoms with Gasteiger partial charge in [-0.1, -0.05) is 30.3 Å². The van der Waals surface area contributed by atoms with Gasteiger partial charge in [-0.25, -0.2) is 4.98 Å². The monoisotopic (exact) mass is 349 g/mol. The summed E-state index contributed by atoms with van der Waals surface area (Å²) in [6.45, 7) is 0.473. The van der Waals surface area contributed by atoms with Crippen molar-refractivity contribution in [3.63, 3.8) is 0 Å². The maximum atomic E-state index is 12.8. The first-order valence-electron chi connectivity index (χ1n) is 8.66. The number of aliphatic hydroxyl groups is 1. The minimum Gasteiger partial charge on any atom is -0.396 e. The Morgan fingerprint density at radius 2 is 1.81 bits per heavy atom. The Balaban J connectivity index is 2.00. The highest BCUT2D eigenvalue weighted by Gasteiger charge is 2.08. The fourth-order valence-electron chi connectivity index (χ4n) is 2.81. The van der Waals surface area contributed by atoms with Crippen molar-refractivity contribution < 1.29 is 5.11 Å². The van der Waals surface area contributed by atoms with Crippen LogP contribution in [0.5, 0.6) is 0 Å². The van der Waals surface area contributed by atoms with Gasteiger partial charge in [-0.15, -0.1) is 0 Å². The molecule has 1 N–H and O–H groups in total. The van der Waals surface area contributed by atoms with Crippen molar-refractivity contribution in [2.75, 3.05) is 25.6 Å². The SMILES string of the molecule is CN(C)c1ccc(/C=C/c2nc3ccccc3c(=O)n2CCCO)cc1. The molecule has 5 nitrogen and oxygen atoms in total. The quantitative estimate of drug-likeness (QED) is 0.743. The topological polar surface area (TPSA) is 58.4 Å². The van der Waals surface area contributed by atoms with E-state index in [9.17, 15) is 4.79 Å². The van der Waals surface area contributed by atoms with E-state index in [2.05, 4.69) is 4.98 Å². The van der Waals surface area contributed by atoms with E-state index in [1.54, 1.807) is 10.6 Å². The van der Waals surface area contributed by atoms with Crippen LogP contribution in [0.25, 0.3) is 23.1 Å². The third-order valence-corrected chi connectivity index (χ3v) is 4.27. The Morgan fingerprint density at radius 1 is 1.08 bits per heavy atom. The third kappa shape index (κ3) is 3.83. The molecule has 0 unspecified atom stereocenters. The smallest absolute Gasteiger partial charge is 0.261 e. The summed E-state index contributed by atoms with van der Waals surface area (Å²) in [5.41, 5.74) is 2.77. The van der Waals surface area contributed by atoms with Gasteiger partial charge in [0.2, 0.25) is 0 Å². The first-order valence-corrected chi connectivity index (χ1v) is 8.66. The number of benzene rings is 2. The molecule has 0 saturated heterocycles. The van der Waals surface area contributed by atoms with Gasteiger partial charge < -0.3 is 10.0 Å². The average molecular weight is 349 g/mol. The zero-order chi connectivity index (χ0) is 18.5. The summed E-state index contributed by atoms with van der Waals surface area (Å²) in [7, 11) is 4.01. The highest BCUT2D eigenvalue weighted by atomic mass is 16.3. The van der Waals surface area contributed by atoms with E-state index in [1.165, 1.54) is 0 Å². The molecule has 5 heteroatoms. The molecular formula is C21H23N3O2. The van der Waals surface area contributed by atoms with Gasteiger partial charge in [-0.05, 0) is 42.3 Å². The average Bonchev–Trinajstić information content (AvgIpc) is 2.66. The van der Waals surface area contributed by atoms with Crippen LogP contribution >= 0.6 is 0 Å². The standard InChI is InChI=1S/C21H23N3O2/c1-23(2)17-11-8-16(9-12-17)10-13-20-22-19-7-4-3-6-18(19)21(26)24(20)14-5-15-25/h3-4,6-13,25H,5,14-15H2,1-2H3/b13-10+. The maximum Gasteiger partial charge on any atom is 0.261 e. The molecule has 134 valence electrons. The van der Waals surface area contributed by atoms with Crippen LogP contribution in [-0.4, -0.2) is 35.4 Å². The Bertz CT molecular complexity index is 973. The lowest BCUT2D eigenvalue weighted by atomic mass is 10.2. The second-order valence-electron chi connectivity index (χ2n) is 6.34. The van der Waals surface area contributed by atoms with Crippen LogP contribution in [-0.2, 0) is 6.54 Å². The van der Waals surface area contributed by atoms with E-state index in [4.69, 9.17) is 5.11 Å².